The largest absolute Gasteiger partial charge is 0.457 e. The number of amides is 1. The molecule has 344 valence electrons. The predicted molar refractivity (Wildman–Crippen MR) is 233 cm³/mol. The Morgan fingerprint density at radius 2 is 1.17 bits per heavy atom. The summed E-state index contributed by atoms with van der Waals surface area (Å²) in [6.07, 6.45) is 15.0. The first-order chi connectivity index (χ1) is 29.1. The summed E-state index contributed by atoms with van der Waals surface area (Å²) in [6, 6.07) is 12.9. The molecule has 0 saturated heterocycles. The van der Waals surface area contributed by atoms with E-state index >= 15 is 0 Å². The Kier molecular flexibility index (Phi) is 30.1. The van der Waals surface area contributed by atoms with Gasteiger partial charge in [0.1, 0.15) is 41.8 Å². The fourth-order valence-electron chi connectivity index (χ4n) is 7.17. The Hall–Kier alpha value is -2.71. The van der Waals surface area contributed by atoms with Crippen molar-refractivity contribution in [3.8, 4) is 11.5 Å². The molecule has 0 fully saturated rings. The van der Waals surface area contributed by atoms with Crippen LogP contribution < -0.4 is 10.1 Å². The summed E-state index contributed by atoms with van der Waals surface area (Å²) in [5.74, 6) is 0.691. The molecular formula is C48H79F2NO9. The number of unbranched alkanes of at least 4 members (excludes halogenated alkanes) is 18. The predicted octanol–water partition coefficient (Wildman–Crippen LogP) is 9.40. The molecule has 0 bridgehead atoms. The SMILES string of the molecule is CCCCCCCCCCCCCC[C@@H](O)[C@@H](O)[C@H](CO[C@@H](OC(CO)[C@H](C)F)[C@H](O)CO)NC(=O)CCCCCCCCCCc1ccc(Oc2ccc(F)cc2)cc1. The topological polar surface area (TPSA) is 158 Å². The maximum atomic E-state index is 14.0. The van der Waals surface area contributed by atoms with E-state index in [0.29, 0.717) is 30.8 Å². The van der Waals surface area contributed by atoms with Gasteiger partial charge in [-0.2, -0.15) is 0 Å². The second-order valence-corrected chi connectivity index (χ2v) is 16.4. The lowest BCUT2D eigenvalue weighted by atomic mass is 9.99. The van der Waals surface area contributed by atoms with Crippen molar-refractivity contribution in [3.63, 3.8) is 0 Å². The molecule has 0 aliphatic heterocycles. The maximum Gasteiger partial charge on any atom is 0.220 e. The zero-order valence-electron chi connectivity index (χ0n) is 36.7. The van der Waals surface area contributed by atoms with Gasteiger partial charge in [-0.25, -0.2) is 8.78 Å². The highest BCUT2D eigenvalue weighted by molar-refractivity contribution is 5.76. The molecule has 0 radical (unpaired) electrons. The molecule has 10 nitrogen and oxygen atoms in total. The molecule has 0 aliphatic carbocycles. The van der Waals surface area contributed by atoms with Crippen molar-refractivity contribution in [2.45, 2.75) is 204 Å². The first kappa shape index (κ1) is 53.4. The van der Waals surface area contributed by atoms with Gasteiger partial charge < -0.3 is 45.1 Å². The second-order valence-electron chi connectivity index (χ2n) is 16.4. The average Bonchev–Trinajstić information content (AvgIpc) is 3.24. The first-order valence-corrected chi connectivity index (χ1v) is 23.1. The molecule has 2 aromatic carbocycles. The quantitative estimate of drug-likeness (QED) is 0.0286. The number of aliphatic hydroxyl groups is 5. The molecule has 0 saturated carbocycles. The van der Waals surface area contributed by atoms with E-state index in [-0.39, 0.29) is 24.8 Å². The van der Waals surface area contributed by atoms with Crippen LogP contribution in [-0.2, 0) is 20.7 Å². The van der Waals surface area contributed by atoms with Crippen molar-refractivity contribution in [3.05, 3.63) is 59.9 Å². The van der Waals surface area contributed by atoms with Crippen molar-refractivity contribution < 1.29 is 53.3 Å². The number of hydrogen-bond donors (Lipinski definition) is 6. The summed E-state index contributed by atoms with van der Waals surface area (Å²) >= 11 is 0. The van der Waals surface area contributed by atoms with Crippen LogP contribution in [0.2, 0.25) is 0 Å². The van der Waals surface area contributed by atoms with Crippen molar-refractivity contribution in [1.82, 2.24) is 5.32 Å². The normalized spacial score (nSPS) is 15.2. The third kappa shape index (κ3) is 24.7. The number of aliphatic hydroxyl groups excluding tert-OH is 5. The maximum absolute atomic E-state index is 14.0. The minimum atomic E-state index is -1.60. The number of benzene rings is 2. The lowest BCUT2D eigenvalue weighted by Gasteiger charge is -2.32. The summed E-state index contributed by atoms with van der Waals surface area (Å²) in [6.45, 7) is 1.56. The van der Waals surface area contributed by atoms with Crippen molar-refractivity contribution in [1.29, 1.82) is 0 Å². The molecule has 2 rings (SSSR count). The van der Waals surface area contributed by atoms with Gasteiger partial charge in [0, 0.05) is 6.42 Å². The van der Waals surface area contributed by atoms with E-state index in [1.807, 2.05) is 12.1 Å². The van der Waals surface area contributed by atoms with E-state index in [4.69, 9.17) is 14.2 Å². The van der Waals surface area contributed by atoms with E-state index in [0.717, 1.165) is 70.6 Å². The molecular weight excluding hydrogens is 773 g/mol. The zero-order chi connectivity index (χ0) is 43.8. The molecule has 0 aromatic heterocycles. The standard InChI is InChI=1S/C48H79F2NO9/c1-3-4-5-6-7-8-9-10-11-15-18-21-24-43(54)47(57)42(36-58-48(44(55)34-52)60-45(35-53)37(2)49)51-46(56)25-22-19-16-13-12-14-17-20-23-38-26-30-40(31-27-38)59-41-32-28-39(50)29-33-41/h26-33,37,42-45,47-48,52-55,57H,3-25,34-36H2,1-2H3,(H,51,56)/t37-,42-,43+,44+,45?,47-,48-/m0/s1. The van der Waals surface area contributed by atoms with Crippen LogP contribution in [0.3, 0.4) is 0 Å². The number of hydrogen-bond acceptors (Lipinski definition) is 9. The molecule has 60 heavy (non-hydrogen) atoms. The van der Waals surface area contributed by atoms with Crippen LogP contribution in [0.25, 0.3) is 0 Å². The fraction of sp³-hybridized carbons (Fsp3) is 0.729. The fourth-order valence-corrected chi connectivity index (χ4v) is 7.17. The van der Waals surface area contributed by atoms with E-state index in [2.05, 4.69) is 24.4 Å². The van der Waals surface area contributed by atoms with E-state index in [9.17, 15) is 39.1 Å². The summed E-state index contributed by atoms with van der Waals surface area (Å²) < 4.78 is 43.9. The minimum Gasteiger partial charge on any atom is -0.457 e. The third-order valence-electron chi connectivity index (χ3n) is 11.0. The van der Waals surface area contributed by atoms with Crippen molar-refractivity contribution in [2.75, 3.05) is 19.8 Å². The van der Waals surface area contributed by atoms with Crippen LogP contribution in [0.15, 0.2) is 48.5 Å². The Morgan fingerprint density at radius 3 is 1.68 bits per heavy atom. The van der Waals surface area contributed by atoms with Crippen molar-refractivity contribution in [2.24, 2.45) is 0 Å². The Bertz CT molecular complexity index is 1320. The summed E-state index contributed by atoms with van der Waals surface area (Å²) in [5.41, 5.74) is 1.24. The van der Waals surface area contributed by atoms with Gasteiger partial charge in [-0.15, -0.1) is 0 Å². The lowest BCUT2D eigenvalue weighted by Crippen LogP contribution is -2.52. The van der Waals surface area contributed by atoms with E-state index in [1.165, 1.54) is 76.0 Å². The van der Waals surface area contributed by atoms with Gasteiger partial charge >= 0.3 is 0 Å². The summed E-state index contributed by atoms with van der Waals surface area (Å²) in [5, 5.41) is 54.3. The minimum absolute atomic E-state index is 0.219. The monoisotopic (exact) mass is 852 g/mol. The number of alkyl halides is 1. The zero-order valence-corrected chi connectivity index (χ0v) is 36.7. The molecule has 0 aliphatic rings. The molecule has 0 heterocycles. The van der Waals surface area contributed by atoms with Gasteiger partial charge in [0.15, 0.2) is 6.29 Å². The number of halogens is 2. The van der Waals surface area contributed by atoms with Gasteiger partial charge in [0.25, 0.3) is 0 Å². The highest BCUT2D eigenvalue weighted by atomic mass is 19.1. The number of carbonyl (C=O) groups excluding carboxylic acids is 1. The average molecular weight is 852 g/mol. The molecule has 6 N–H and O–H groups in total. The molecule has 1 amide bonds. The Labute approximate surface area is 359 Å². The second kappa shape index (κ2) is 33.9. The number of ether oxygens (including phenoxy) is 3. The van der Waals surface area contributed by atoms with Crippen molar-refractivity contribution >= 4 is 5.91 Å². The molecule has 12 heteroatoms. The highest BCUT2D eigenvalue weighted by Gasteiger charge is 2.32. The molecule has 0 spiro atoms. The van der Waals surface area contributed by atoms with Gasteiger partial charge in [-0.3, -0.25) is 4.79 Å². The number of aryl methyl sites for hydroxylation is 1. The van der Waals surface area contributed by atoms with Crippen LogP contribution >= 0.6 is 0 Å². The van der Waals surface area contributed by atoms with E-state index in [1.54, 1.807) is 12.1 Å². The van der Waals surface area contributed by atoms with E-state index < -0.39 is 56.1 Å². The van der Waals surface area contributed by atoms with Gasteiger partial charge in [0.2, 0.25) is 5.91 Å². The third-order valence-corrected chi connectivity index (χ3v) is 11.0. The highest BCUT2D eigenvalue weighted by Crippen LogP contribution is 2.23. The Balaban J connectivity index is 1.72. The molecule has 2 aromatic rings. The smallest absolute Gasteiger partial charge is 0.220 e. The van der Waals surface area contributed by atoms with Gasteiger partial charge in [-0.05, 0) is 74.6 Å². The van der Waals surface area contributed by atoms with Crippen LogP contribution in [0.1, 0.15) is 161 Å². The molecule has 1 unspecified atom stereocenters. The first-order valence-electron chi connectivity index (χ1n) is 23.1. The summed E-state index contributed by atoms with van der Waals surface area (Å²) in [4.78, 5) is 13.1. The molecule has 7 atom stereocenters. The summed E-state index contributed by atoms with van der Waals surface area (Å²) in [7, 11) is 0. The lowest BCUT2D eigenvalue weighted by molar-refractivity contribution is -0.240. The van der Waals surface area contributed by atoms with Crippen LogP contribution in [0.5, 0.6) is 11.5 Å². The Morgan fingerprint density at radius 1 is 0.667 bits per heavy atom. The van der Waals surface area contributed by atoms with Crippen LogP contribution in [0, 0.1) is 5.82 Å². The number of carbonyl (C=O) groups is 1. The van der Waals surface area contributed by atoms with Crippen LogP contribution in [-0.4, -0.2) is 94.2 Å². The van der Waals surface area contributed by atoms with Gasteiger partial charge in [0.05, 0.1) is 32.0 Å². The van der Waals surface area contributed by atoms with Gasteiger partial charge in [-0.1, -0.05) is 135 Å². The van der Waals surface area contributed by atoms with Crippen LogP contribution in [0.4, 0.5) is 8.78 Å². The number of rotatable bonds is 38. The number of nitrogens with one attached hydrogen (secondary N) is 1.